The van der Waals surface area contributed by atoms with Gasteiger partial charge in [0.2, 0.25) is 0 Å². The van der Waals surface area contributed by atoms with Crippen molar-refractivity contribution in [3.8, 4) is 0 Å². The largest absolute Gasteiger partial charge is 0.381 e. The van der Waals surface area contributed by atoms with E-state index in [-0.39, 0.29) is 5.41 Å². The Bertz CT molecular complexity index is 249. The molecule has 1 unspecified atom stereocenters. The molecular weight excluding hydrogens is 236 g/mol. The number of ether oxygens (including phenoxy) is 1. The lowest BCUT2D eigenvalue weighted by Crippen LogP contribution is -2.49. The Morgan fingerprint density at radius 2 is 2.05 bits per heavy atom. The van der Waals surface area contributed by atoms with Crippen LogP contribution in [0.3, 0.4) is 0 Å². The molecule has 1 atom stereocenters. The van der Waals surface area contributed by atoms with E-state index in [1.165, 1.54) is 19.3 Å². The molecule has 0 aromatic rings. The van der Waals surface area contributed by atoms with Gasteiger partial charge in [-0.05, 0) is 25.8 Å². The Balaban J connectivity index is 2.59. The lowest BCUT2D eigenvalue weighted by atomic mass is 9.81. The SMILES string of the molecule is C=CCN(CC=C)CC1(CNCCC)CCCOC1. The Hall–Kier alpha value is -0.640. The van der Waals surface area contributed by atoms with E-state index in [2.05, 4.69) is 30.3 Å². The van der Waals surface area contributed by atoms with Crippen molar-refractivity contribution in [1.29, 1.82) is 0 Å². The molecular formula is C16H30N2O. The van der Waals surface area contributed by atoms with Crippen LogP contribution in [0.5, 0.6) is 0 Å². The van der Waals surface area contributed by atoms with Gasteiger partial charge in [0, 0.05) is 38.2 Å². The van der Waals surface area contributed by atoms with Crippen LogP contribution in [-0.2, 0) is 4.74 Å². The second kappa shape index (κ2) is 9.29. The van der Waals surface area contributed by atoms with Gasteiger partial charge in [-0.2, -0.15) is 0 Å². The smallest absolute Gasteiger partial charge is 0.0546 e. The third-order valence-corrected chi connectivity index (χ3v) is 3.66. The normalized spacial score (nSPS) is 23.5. The lowest BCUT2D eigenvalue weighted by molar-refractivity contribution is -0.0231. The zero-order valence-electron chi connectivity index (χ0n) is 12.5. The van der Waals surface area contributed by atoms with E-state index in [4.69, 9.17) is 4.74 Å². The highest BCUT2D eigenvalue weighted by Crippen LogP contribution is 2.29. The zero-order valence-corrected chi connectivity index (χ0v) is 12.5. The third-order valence-electron chi connectivity index (χ3n) is 3.66. The molecule has 110 valence electrons. The maximum Gasteiger partial charge on any atom is 0.0546 e. The summed E-state index contributed by atoms with van der Waals surface area (Å²) >= 11 is 0. The molecule has 1 aliphatic rings. The van der Waals surface area contributed by atoms with Gasteiger partial charge in [0.15, 0.2) is 0 Å². The Kier molecular flexibility index (Phi) is 8.03. The molecule has 19 heavy (non-hydrogen) atoms. The van der Waals surface area contributed by atoms with Crippen molar-refractivity contribution in [2.24, 2.45) is 5.41 Å². The molecule has 1 heterocycles. The molecule has 0 aromatic carbocycles. The topological polar surface area (TPSA) is 24.5 Å². The van der Waals surface area contributed by atoms with Crippen LogP contribution in [0, 0.1) is 5.41 Å². The van der Waals surface area contributed by atoms with Gasteiger partial charge in [-0.25, -0.2) is 0 Å². The van der Waals surface area contributed by atoms with Gasteiger partial charge >= 0.3 is 0 Å². The van der Waals surface area contributed by atoms with E-state index in [1.54, 1.807) is 0 Å². The molecule has 0 amide bonds. The van der Waals surface area contributed by atoms with Crippen LogP contribution in [0.4, 0.5) is 0 Å². The number of rotatable bonds is 10. The molecule has 1 fully saturated rings. The summed E-state index contributed by atoms with van der Waals surface area (Å²) in [5, 5.41) is 3.58. The van der Waals surface area contributed by atoms with Crippen molar-refractivity contribution >= 4 is 0 Å². The van der Waals surface area contributed by atoms with Crippen molar-refractivity contribution in [3.63, 3.8) is 0 Å². The second-order valence-corrected chi connectivity index (χ2v) is 5.60. The number of hydrogen-bond acceptors (Lipinski definition) is 3. The van der Waals surface area contributed by atoms with Gasteiger partial charge in [0.25, 0.3) is 0 Å². The molecule has 0 aromatic heterocycles. The molecule has 0 bridgehead atoms. The summed E-state index contributed by atoms with van der Waals surface area (Å²) in [4.78, 5) is 2.41. The Labute approximate surface area is 118 Å². The Morgan fingerprint density at radius 1 is 1.32 bits per heavy atom. The summed E-state index contributed by atoms with van der Waals surface area (Å²) in [6.45, 7) is 16.7. The quantitative estimate of drug-likeness (QED) is 0.485. The van der Waals surface area contributed by atoms with Crippen LogP contribution in [0.1, 0.15) is 26.2 Å². The van der Waals surface area contributed by atoms with Crippen LogP contribution >= 0.6 is 0 Å². The average molecular weight is 266 g/mol. The highest BCUT2D eigenvalue weighted by Gasteiger charge is 2.34. The molecule has 1 aliphatic heterocycles. The maximum absolute atomic E-state index is 5.75. The van der Waals surface area contributed by atoms with Crippen LogP contribution < -0.4 is 5.32 Å². The standard InChI is InChI=1S/C16H30N2O/c1-4-9-17-13-16(8-7-12-19-15-16)14-18(10-5-2)11-6-3/h5-6,17H,2-4,7-15H2,1H3. The summed E-state index contributed by atoms with van der Waals surface area (Å²) in [5.41, 5.74) is 0.249. The predicted octanol–water partition coefficient (Wildman–Crippen LogP) is 2.46. The molecule has 1 saturated heterocycles. The number of nitrogens with zero attached hydrogens (tertiary/aromatic N) is 1. The highest BCUT2D eigenvalue weighted by atomic mass is 16.5. The van der Waals surface area contributed by atoms with Crippen LogP contribution in [0.15, 0.2) is 25.3 Å². The molecule has 0 spiro atoms. The van der Waals surface area contributed by atoms with E-state index < -0.39 is 0 Å². The average Bonchev–Trinajstić information content (AvgIpc) is 2.41. The van der Waals surface area contributed by atoms with E-state index in [9.17, 15) is 0 Å². The van der Waals surface area contributed by atoms with Gasteiger partial charge in [-0.15, -0.1) is 13.2 Å². The minimum absolute atomic E-state index is 0.249. The van der Waals surface area contributed by atoms with Crippen LogP contribution in [-0.4, -0.2) is 50.8 Å². The first-order valence-electron chi connectivity index (χ1n) is 7.49. The van der Waals surface area contributed by atoms with Crippen molar-refractivity contribution in [1.82, 2.24) is 10.2 Å². The van der Waals surface area contributed by atoms with Gasteiger partial charge < -0.3 is 10.1 Å². The fraction of sp³-hybridized carbons (Fsp3) is 0.750. The summed E-state index contributed by atoms with van der Waals surface area (Å²) < 4.78 is 5.75. The van der Waals surface area contributed by atoms with Crippen molar-refractivity contribution in [3.05, 3.63) is 25.3 Å². The first-order chi connectivity index (χ1) is 9.26. The summed E-state index contributed by atoms with van der Waals surface area (Å²) in [6.07, 6.45) is 7.54. The fourth-order valence-corrected chi connectivity index (χ4v) is 2.80. The monoisotopic (exact) mass is 266 g/mol. The number of nitrogens with one attached hydrogen (secondary N) is 1. The molecule has 0 aliphatic carbocycles. The summed E-state index contributed by atoms with van der Waals surface area (Å²) in [6, 6.07) is 0. The molecule has 3 nitrogen and oxygen atoms in total. The summed E-state index contributed by atoms with van der Waals surface area (Å²) in [7, 11) is 0. The van der Waals surface area contributed by atoms with E-state index in [0.29, 0.717) is 0 Å². The third kappa shape index (κ3) is 5.89. The number of hydrogen-bond donors (Lipinski definition) is 1. The van der Waals surface area contributed by atoms with Gasteiger partial charge in [-0.3, -0.25) is 4.90 Å². The molecule has 1 rings (SSSR count). The first kappa shape index (κ1) is 16.4. The van der Waals surface area contributed by atoms with Gasteiger partial charge in [0.1, 0.15) is 0 Å². The van der Waals surface area contributed by atoms with Crippen LogP contribution in [0.25, 0.3) is 0 Å². The van der Waals surface area contributed by atoms with Gasteiger partial charge in [0.05, 0.1) is 6.61 Å². The van der Waals surface area contributed by atoms with Crippen molar-refractivity contribution in [2.45, 2.75) is 26.2 Å². The first-order valence-corrected chi connectivity index (χ1v) is 7.49. The van der Waals surface area contributed by atoms with E-state index in [0.717, 1.165) is 45.9 Å². The molecule has 0 radical (unpaired) electrons. The fourth-order valence-electron chi connectivity index (χ4n) is 2.80. The zero-order chi connectivity index (χ0) is 14.0. The molecule has 0 saturated carbocycles. The molecule has 3 heteroatoms. The predicted molar refractivity (Wildman–Crippen MR) is 82.5 cm³/mol. The Morgan fingerprint density at radius 3 is 2.58 bits per heavy atom. The van der Waals surface area contributed by atoms with Crippen LogP contribution in [0.2, 0.25) is 0 Å². The molecule has 1 N–H and O–H groups in total. The second-order valence-electron chi connectivity index (χ2n) is 5.60. The van der Waals surface area contributed by atoms with Gasteiger partial charge in [-0.1, -0.05) is 19.1 Å². The minimum Gasteiger partial charge on any atom is -0.381 e. The van der Waals surface area contributed by atoms with Crippen molar-refractivity contribution < 1.29 is 4.74 Å². The van der Waals surface area contributed by atoms with E-state index >= 15 is 0 Å². The van der Waals surface area contributed by atoms with Crippen molar-refractivity contribution in [2.75, 3.05) is 45.9 Å². The van der Waals surface area contributed by atoms with E-state index in [1.807, 2.05) is 12.2 Å². The highest BCUT2D eigenvalue weighted by molar-refractivity contribution is 4.90. The maximum atomic E-state index is 5.75. The summed E-state index contributed by atoms with van der Waals surface area (Å²) in [5.74, 6) is 0. The lowest BCUT2D eigenvalue weighted by Gasteiger charge is -2.40. The minimum atomic E-state index is 0.249.